The summed E-state index contributed by atoms with van der Waals surface area (Å²) in [5.41, 5.74) is 3.13. The Labute approximate surface area is 362 Å². The quantitative estimate of drug-likeness (QED) is 0.234. The van der Waals surface area contributed by atoms with E-state index in [1.165, 1.54) is 49.7 Å². The van der Waals surface area contributed by atoms with E-state index in [1.54, 1.807) is 0 Å². The first-order chi connectivity index (χ1) is 27.8. The van der Waals surface area contributed by atoms with E-state index in [9.17, 15) is 0 Å². The Morgan fingerprint density at radius 1 is 0.492 bits per heavy atom. The molecule has 3 aliphatic carbocycles. The monoisotopic (exact) mass is 851 g/mol. The molecule has 8 unspecified atom stereocenters. The van der Waals surface area contributed by atoms with E-state index in [-0.39, 0.29) is 39.3 Å². The fourth-order valence-corrected chi connectivity index (χ4v) is 15.0. The van der Waals surface area contributed by atoms with Crippen LogP contribution in [0.1, 0.15) is 146 Å². The van der Waals surface area contributed by atoms with Gasteiger partial charge in [0.1, 0.15) is 0 Å². The maximum absolute atomic E-state index is 6.92. The predicted molar refractivity (Wildman–Crippen MR) is 244 cm³/mol. The van der Waals surface area contributed by atoms with Crippen LogP contribution in [0.15, 0.2) is 60.7 Å². The van der Waals surface area contributed by atoms with Gasteiger partial charge >= 0.3 is 17.2 Å². The molecule has 2 aliphatic heterocycles. The standard InChI is InChI=1S/C51H80O6P2/c1-35-27-38(37-23-25-41(26-24-37)49(9,10)39-19-15-13-16-20-39)29-43(47(3,4)5)45(35)56-58-52-31-51(32-53-58)33-54-59(55-34-51)57-46-36(2)28-42(30-44(46)48(6,7)8)50(11,12)40-21-17-14-18-22-40/h13-22,35-38,41-46H,23-34H2,1-12H3. The molecule has 0 amide bonds. The first kappa shape index (κ1) is 46.1. The van der Waals surface area contributed by atoms with Gasteiger partial charge in [-0.15, -0.1) is 0 Å². The Kier molecular flexibility index (Phi) is 14.3. The van der Waals surface area contributed by atoms with Crippen molar-refractivity contribution >= 4 is 17.2 Å². The summed E-state index contributed by atoms with van der Waals surface area (Å²) in [4.78, 5) is 0. The molecule has 2 aromatic carbocycles. The van der Waals surface area contributed by atoms with E-state index in [0.29, 0.717) is 56.0 Å². The van der Waals surface area contributed by atoms with Crippen LogP contribution in [-0.4, -0.2) is 38.6 Å². The highest BCUT2D eigenvalue weighted by Gasteiger charge is 2.52. The highest BCUT2D eigenvalue weighted by Crippen LogP contribution is 2.60. The molecule has 2 saturated heterocycles. The van der Waals surface area contributed by atoms with Crippen LogP contribution in [0.2, 0.25) is 0 Å². The summed E-state index contributed by atoms with van der Waals surface area (Å²) < 4.78 is 39.7. The molecule has 3 saturated carbocycles. The topological polar surface area (TPSA) is 55.4 Å². The van der Waals surface area contributed by atoms with Crippen molar-refractivity contribution in [1.29, 1.82) is 0 Å². The molecule has 0 bridgehead atoms. The zero-order valence-electron chi connectivity index (χ0n) is 38.9. The van der Waals surface area contributed by atoms with Gasteiger partial charge in [0.05, 0.1) is 44.1 Å². The lowest BCUT2D eigenvalue weighted by Gasteiger charge is -2.51. The maximum atomic E-state index is 6.92. The minimum atomic E-state index is -1.45. The molecular formula is C51H80O6P2. The molecule has 59 heavy (non-hydrogen) atoms. The van der Waals surface area contributed by atoms with E-state index in [1.807, 2.05) is 0 Å². The van der Waals surface area contributed by atoms with Crippen molar-refractivity contribution in [2.75, 3.05) is 26.4 Å². The van der Waals surface area contributed by atoms with Gasteiger partial charge in [0.25, 0.3) is 0 Å². The van der Waals surface area contributed by atoms with Crippen molar-refractivity contribution in [2.24, 2.45) is 63.6 Å². The summed E-state index contributed by atoms with van der Waals surface area (Å²) >= 11 is 0. The van der Waals surface area contributed by atoms with Gasteiger partial charge in [-0.25, -0.2) is 0 Å². The van der Waals surface area contributed by atoms with Gasteiger partial charge in [-0.3, -0.25) is 0 Å². The van der Waals surface area contributed by atoms with Crippen LogP contribution < -0.4 is 0 Å². The summed E-state index contributed by atoms with van der Waals surface area (Å²) in [7, 11) is -2.88. The molecule has 0 aromatic heterocycles. The van der Waals surface area contributed by atoms with E-state index < -0.39 is 17.2 Å². The molecule has 0 N–H and O–H groups in total. The Morgan fingerprint density at radius 3 is 1.34 bits per heavy atom. The van der Waals surface area contributed by atoms with Crippen molar-refractivity contribution in [2.45, 2.75) is 157 Å². The summed E-state index contributed by atoms with van der Waals surface area (Å²) in [6.45, 7) is 31.0. The normalized spacial score (nSPS) is 38.0. The molecule has 5 aliphatic rings. The van der Waals surface area contributed by atoms with E-state index in [0.717, 1.165) is 30.6 Å². The van der Waals surface area contributed by atoms with Gasteiger partial charge in [0.2, 0.25) is 0 Å². The zero-order valence-corrected chi connectivity index (χ0v) is 40.7. The lowest BCUT2D eigenvalue weighted by atomic mass is 9.58. The lowest BCUT2D eigenvalue weighted by Crippen LogP contribution is -2.49. The minimum absolute atomic E-state index is 0.0905. The van der Waals surface area contributed by atoms with Gasteiger partial charge in [-0.2, -0.15) is 0 Å². The molecule has 5 fully saturated rings. The van der Waals surface area contributed by atoms with Crippen molar-refractivity contribution in [3.05, 3.63) is 71.8 Å². The first-order valence-corrected chi connectivity index (χ1v) is 25.5. The van der Waals surface area contributed by atoms with Crippen LogP contribution in [0.5, 0.6) is 0 Å². The molecule has 7 rings (SSSR count). The second-order valence-corrected chi connectivity index (χ2v) is 25.6. The van der Waals surface area contributed by atoms with Crippen LogP contribution in [-0.2, 0) is 38.0 Å². The molecule has 1 spiro atoms. The van der Waals surface area contributed by atoms with Gasteiger partial charge in [0, 0.05) is 0 Å². The smallest absolute Gasteiger partial charge is 0.311 e. The highest BCUT2D eigenvalue weighted by atomic mass is 31.2. The largest absolute Gasteiger partial charge is 0.332 e. The second-order valence-electron chi connectivity index (χ2n) is 23.3. The molecule has 8 atom stereocenters. The molecule has 6 nitrogen and oxygen atoms in total. The van der Waals surface area contributed by atoms with E-state index in [4.69, 9.17) is 27.1 Å². The summed E-state index contributed by atoms with van der Waals surface area (Å²) in [5.74, 6) is 4.60. The van der Waals surface area contributed by atoms with Crippen LogP contribution in [0.25, 0.3) is 0 Å². The fraction of sp³-hybridized carbons (Fsp3) is 0.765. The van der Waals surface area contributed by atoms with Crippen LogP contribution in [0.4, 0.5) is 0 Å². The molecular weight excluding hydrogens is 771 g/mol. The average Bonchev–Trinajstić information content (AvgIpc) is 3.20. The lowest BCUT2D eigenvalue weighted by molar-refractivity contribution is -0.107. The van der Waals surface area contributed by atoms with Crippen molar-refractivity contribution in [3.63, 3.8) is 0 Å². The zero-order chi connectivity index (χ0) is 42.4. The molecule has 330 valence electrons. The SMILES string of the molecule is CC1CC(C2CCC(C(C)(C)c3ccccc3)CC2)CC(C(C)(C)C)C1OP1OCC2(CO1)COP(OC1C(C)CC(C(C)(C)c3ccccc3)CC1C(C)(C)C)OC2. The summed E-state index contributed by atoms with van der Waals surface area (Å²) in [6.07, 6.45) is 10.3. The van der Waals surface area contributed by atoms with Gasteiger partial charge < -0.3 is 27.1 Å². The third kappa shape index (κ3) is 10.4. The summed E-state index contributed by atoms with van der Waals surface area (Å²) in [6, 6.07) is 22.3. The van der Waals surface area contributed by atoms with E-state index >= 15 is 0 Å². The van der Waals surface area contributed by atoms with Crippen LogP contribution in [0.3, 0.4) is 0 Å². The predicted octanol–water partition coefficient (Wildman–Crippen LogP) is 14.5. The number of hydrogen-bond donors (Lipinski definition) is 0. The Hall–Kier alpha value is -0.940. The number of benzene rings is 2. The van der Waals surface area contributed by atoms with E-state index in [2.05, 4.69) is 144 Å². The number of rotatable bonds is 9. The highest BCUT2D eigenvalue weighted by molar-refractivity contribution is 7.42. The van der Waals surface area contributed by atoms with Gasteiger partial charge in [0.15, 0.2) is 0 Å². The van der Waals surface area contributed by atoms with Crippen LogP contribution >= 0.6 is 17.2 Å². The third-order valence-corrected chi connectivity index (χ3v) is 18.6. The summed E-state index contributed by atoms with van der Waals surface area (Å²) in [5, 5.41) is 0. The minimum Gasteiger partial charge on any atom is -0.311 e. The second kappa shape index (κ2) is 18.3. The van der Waals surface area contributed by atoms with Gasteiger partial charge in [-0.1, -0.05) is 144 Å². The Bertz CT molecular complexity index is 1610. The fourth-order valence-electron chi connectivity index (χ4n) is 12.0. The average molecular weight is 851 g/mol. The maximum Gasteiger partial charge on any atom is 0.332 e. The van der Waals surface area contributed by atoms with Gasteiger partial charge in [-0.05, 0) is 131 Å². The van der Waals surface area contributed by atoms with Crippen molar-refractivity contribution < 1.29 is 27.1 Å². The third-order valence-electron chi connectivity index (χ3n) is 16.4. The van der Waals surface area contributed by atoms with Crippen molar-refractivity contribution in [1.82, 2.24) is 0 Å². The molecule has 2 aromatic rings. The Morgan fingerprint density at radius 2 is 0.898 bits per heavy atom. The Balaban J connectivity index is 0.898. The molecule has 2 heterocycles. The van der Waals surface area contributed by atoms with Crippen molar-refractivity contribution in [3.8, 4) is 0 Å². The van der Waals surface area contributed by atoms with Crippen LogP contribution in [0, 0.1) is 63.6 Å². The molecule has 8 heteroatoms. The first-order valence-electron chi connectivity index (χ1n) is 23.3. The number of hydrogen-bond acceptors (Lipinski definition) is 6. The molecule has 0 radical (unpaired) electrons.